The molecule has 2 aromatic rings. The maximum absolute atomic E-state index is 11.9. The fourth-order valence-corrected chi connectivity index (χ4v) is 2.08. The molecule has 1 aromatic carbocycles. The third kappa shape index (κ3) is 3.47. The Balaban J connectivity index is 1.95. The minimum atomic E-state index is -0.150. The van der Waals surface area contributed by atoms with Crippen molar-refractivity contribution in [1.82, 2.24) is 5.32 Å². The monoisotopic (exact) mass is 257 g/mol. The van der Waals surface area contributed by atoms with E-state index in [-0.39, 0.29) is 5.91 Å². The van der Waals surface area contributed by atoms with Crippen LogP contribution in [0, 0.1) is 6.92 Å². The lowest BCUT2D eigenvalue weighted by Gasteiger charge is -2.15. The molecule has 1 aromatic heterocycles. The first-order chi connectivity index (χ1) is 9.20. The van der Waals surface area contributed by atoms with Crippen LogP contribution in [0.5, 0.6) is 0 Å². The van der Waals surface area contributed by atoms with Gasteiger partial charge in [0.2, 0.25) is 0 Å². The summed E-state index contributed by atoms with van der Waals surface area (Å²) in [5, 5.41) is 2.93. The molecule has 3 nitrogen and oxygen atoms in total. The van der Waals surface area contributed by atoms with Gasteiger partial charge in [-0.25, -0.2) is 0 Å². The summed E-state index contributed by atoms with van der Waals surface area (Å²) in [6.45, 7) is 4.58. The first-order valence-corrected chi connectivity index (χ1v) is 6.60. The summed E-state index contributed by atoms with van der Waals surface area (Å²) in [5.74, 6) is 1.31. The molecule has 0 fully saturated rings. The van der Waals surface area contributed by atoms with Crippen molar-refractivity contribution in [3.63, 3.8) is 0 Å². The van der Waals surface area contributed by atoms with Gasteiger partial charge in [-0.3, -0.25) is 4.79 Å². The smallest absolute Gasteiger partial charge is 0.287 e. The predicted octanol–water partition coefficient (Wildman–Crippen LogP) is 3.51. The fraction of sp³-hybridized carbons (Fsp3) is 0.312. The second-order valence-corrected chi connectivity index (χ2v) is 4.64. The molecule has 0 spiro atoms. The van der Waals surface area contributed by atoms with Gasteiger partial charge < -0.3 is 9.73 Å². The summed E-state index contributed by atoms with van der Waals surface area (Å²) in [6.07, 6.45) is 0.988. The Kier molecular flexibility index (Phi) is 4.39. The standard InChI is InChI=1S/C16H19NO2/c1-3-13(14-7-5-4-6-8-14)11-17-16(18)15-10-9-12(2)19-15/h4-10,13H,3,11H2,1-2H3,(H,17,18). The van der Waals surface area contributed by atoms with E-state index in [9.17, 15) is 4.79 Å². The average molecular weight is 257 g/mol. The number of furan rings is 1. The van der Waals surface area contributed by atoms with E-state index in [0.29, 0.717) is 18.2 Å². The van der Waals surface area contributed by atoms with Crippen LogP contribution in [0.15, 0.2) is 46.9 Å². The van der Waals surface area contributed by atoms with Crippen molar-refractivity contribution < 1.29 is 9.21 Å². The second-order valence-electron chi connectivity index (χ2n) is 4.64. The zero-order chi connectivity index (χ0) is 13.7. The van der Waals surface area contributed by atoms with Crippen LogP contribution in [-0.4, -0.2) is 12.5 Å². The first-order valence-electron chi connectivity index (χ1n) is 6.60. The van der Waals surface area contributed by atoms with E-state index in [4.69, 9.17) is 4.42 Å². The minimum absolute atomic E-state index is 0.150. The molecular weight excluding hydrogens is 238 g/mol. The number of nitrogens with one attached hydrogen (secondary N) is 1. The molecule has 0 aliphatic carbocycles. The Morgan fingerprint density at radius 2 is 1.95 bits per heavy atom. The number of carbonyl (C=O) groups is 1. The number of rotatable bonds is 5. The highest BCUT2D eigenvalue weighted by molar-refractivity contribution is 5.91. The molecule has 2 rings (SSSR count). The van der Waals surface area contributed by atoms with Gasteiger partial charge in [0, 0.05) is 12.5 Å². The van der Waals surface area contributed by atoms with E-state index in [2.05, 4.69) is 24.4 Å². The molecule has 1 amide bonds. The maximum Gasteiger partial charge on any atom is 0.287 e. The maximum atomic E-state index is 11.9. The lowest BCUT2D eigenvalue weighted by molar-refractivity contribution is 0.0922. The second kappa shape index (κ2) is 6.23. The summed E-state index contributed by atoms with van der Waals surface area (Å²) >= 11 is 0. The molecule has 1 N–H and O–H groups in total. The van der Waals surface area contributed by atoms with Gasteiger partial charge in [0.25, 0.3) is 5.91 Å². The summed E-state index contributed by atoms with van der Waals surface area (Å²) in [7, 11) is 0. The molecular formula is C16H19NO2. The number of aryl methyl sites for hydroxylation is 1. The van der Waals surface area contributed by atoms with Crippen LogP contribution < -0.4 is 5.32 Å². The van der Waals surface area contributed by atoms with Crippen LogP contribution in [0.2, 0.25) is 0 Å². The van der Waals surface area contributed by atoms with E-state index in [1.54, 1.807) is 12.1 Å². The van der Waals surface area contributed by atoms with Crippen molar-refractivity contribution in [1.29, 1.82) is 0 Å². The number of carbonyl (C=O) groups excluding carboxylic acids is 1. The molecule has 0 aliphatic rings. The lowest BCUT2D eigenvalue weighted by Crippen LogP contribution is -2.27. The molecule has 0 radical (unpaired) electrons. The molecule has 100 valence electrons. The zero-order valence-electron chi connectivity index (χ0n) is 11.3. The first kappa shape index (κ1) is 13.4. The number of hydrogen-bond donors (Lipinski definition) is 1. The van der Waals surface area contributed by atoms with Gasteiger partial charge in [-0.15, -0.1) is 0 Å². The molecule has 0 saturated carbocycles. The summed E-state index contributed by atoms with van der Waals surface area (Å²) in [5.41, 5.74) is 1.25. The lowest BCUT2D eigenvalue weighted by atomic mass is 9.96. The Bertz CT molecular complexity index is 531. The molecule has 1 unspecified atom stereocenters. The van der Waals surface area contributed by atoms with Crippen molar-refractivity contribution in [2.45, 2.75) is 26.2 Å². The van der Waals surface area contributed by atoms with Gasteiger partial charge >= 0.3 is 0 Å². The predicted molar refractivity (Wildman–Crippen MR) is 75.3 cm³/mol. The van der Waals surface area contributed by atoms with Crippen LogP contribution in [0.1, 0.15) is 41.1 Å². The molecule has 3 heteroatoms. The third-order valence-electron chi connectivity index (χ3n) is 3.24. The fourth-order valence-electron chi connectivity index (χ4n) is 2.08. The van der Waals surface area contributed by atoms with Crippen LogP contribution >= 0.6 is 0 Å². The van der Waals surface area contributed by atoms with E-state index < -0.39 is 0 Å². The van der Waals surface area contributed by atoms with Gasteiger partial charge in [0.05, 0.1) is 0 Å². The van der Waals surface area contributed by atoms with E-state index in [1.807, 2.05) is 25.1 Å². The van der Waals surface area contributed by atoms with Gasteiger partial charge in [0.1, 0.15) is 5.76 Å². The normalized spacial score (nSPS) is 12.1. The molecule has 1 atom stereocenters. The number of hydrogen-bond acceptors (Lipinski definition) is 2. The molecule has 0 saturated heterocycles. The Morgan fingerprint density at radius 1 is 1.21 bits per heavy atom. The topological polar surface area (TPSA) is 42.2 Å². The van der Waals surface area contributed by atoms with Gasteiger partial charge in [-0.05, 0) is 31.0 Å². The minimum Gasteiger partial charge on any atom is -0.456 e. The Labute approximate surface area is 113 Å². The SMILES string of the molecule is CCC(CNC(=O)c1ccc(C)o1)c1ccccc1. The molecule has 0 aliphatic heterocycles. The van der Waals surface area contributed by atoms with Crippen molar-refractivity contribution in [2.24, 2.45) is 0 Å². The summed E-state index contributed by atoms with van der Waals surface area (Å²) in [4.78, 5) is 11.9. The van der Waals surface area contributed by atoms with Crippen LogP contribution in [-0.2, 0) is 0 Å². The summed E-state index contributed by atoms with van der Waals surface area (Å²) < 4.78 is 5.30. The number of amides is 1. The highest BCUT2D eigenvalue weighted by atomic mass is 16.3. The van der Waals surface area contributed by atoms with Crippen LogP contribution in [0.25, 0.3) is 0 Å². The largest absolute Gasteiger partial charge is 0.456 e. The molecule has 19 heavy (non-hydrogen) atoms. The van der Waals surface area contributed by atoms with Crippen LogP contribution in [0.3, 0.4) is 0 Å². The van der Waals surface area contributed by atoms with Crippen molar-refractivity contribution in [3.8, 4) is 0 Å². The zero-order valence-corrected chi connectivity index (χ0v) is 11.3. The van der Waals surface area contributed by atoms with E-state index >= 15 is 0 Å². The van der Waals surface area contributed by atoms with E-state index in [1.165, 1.54) is 5.56 Å². The van der Waals surface area contributed by atoms with Gasteiger partial charge in [0.15, 0.2) is 5.76 Å². The highest BCUT2D eigenvalue weighted by Gasteiger charge is 2.13. The molecule has 1 heterocycles. The quantitative estimate of drug-likeness (QED) is 0.890. The van der Waals surface area contributed by atoms with Gasteiger partial charge in [-0.2, -0.15) is 0 Å². The van der Waals surface area contributed by atoms with Crippen molar-refractivity contribution >= 4 is 5.91 Å². The third-order valence-corrected chi connectivity index (χ3v) is 3.24. The van der Waals surface area contributed by atoms with E-state index in [0.717, 1.165) is 12.2 Å². The average Bonchev–Trinajstić information content (AvgIpc) is 2.87. The Morgan fingerprint density at radius 3 is 2.53 bits per heavy atom. The summed E-state index contributed by atoms with van der Waals surface area (Å²) in [6, 6.07) is 13.7. The number of benzene rings is 1. The van der Waals surface area contributed by atoms with Crippen molar-refractivity contribution in [3.05, 3.63) is 59.5 Å². The molecule has 0 bridgehead atoms. The highest BCUT2D eigenvalue weighted by Crippen LogP contribution is 2.18. The van der Waals surface area contributed by atoms with Crippen LogP contribution in [0.4, 0.5) is 0 Å². The Hall–Kier alpha value is -2.03. The van der Waals surface area contributed by atoms with Crippen molar-refractivity contribution in [2.75, 3.05) is 6.54 Å². The van der Waals surface area contributed by atoms with Gasteiger partial charge in [-0.1, -0.05) is 37.3 Å².